The average Bonchev–Trinajstić information content (AvgIpc) is 2.31. The van der Waals surface area contributed by atoms with Crippen LogP contribution in [0.4, 0.5) is 10.1 Å². The van der Waals surface area contributed by atoms with E-state index in [1.165, 1.54) is 12.1 Å². The van der Waals surface area contributed by atoms with Crippen LogP contribution < -0.4 is 5.32 Å². The van der Waals surface area contributed by atoms with Gasteiger partial charge in [0, 0.05) is 31.4 Å². The average molecular weight is 286 g/mol. The highest BCUT2D eigenvalue weighted by atomic mass is 32.2. The minimum Gasteiger partial charge on any atom is -0.384 e. The number of hydrogen-bond donors (Lipinski definition) is 1. The summed E-state index contributed by atoms with van der Waals surface area (Å²) >= 11 is 0. The molecule has 19 heavy (non-hydrogen) atoms. The monoisotopic (exact) mass is 286 g/mol. The molecule has 0 saturated carbocycles. The lowest BCUT2D eigenvalue weighted by molar-refractivity contribution is 0.235. The Morgan fingerprint density at radius 1 is 1.47 bits per heavy atom. The molecule has 1 aromatic carbocycles. The quantitative estimate of drug-likeness (QED) is 0.908. The van der Waals surface area contributed by atoms with Gasteiger partial charge in [-0.05, 0) is 25.1 Å². The number of benzene rings is 1. The van der Waals surface area contributed by atoms with Crippen LogP contribution in [0, 0.1) is 5.82 Å². The maximum atomic E-state index is 13.0. The molecule has 1 heterocycles. The van der Waals surface area contributed by atoms with Crippen LogP contribution in [0.25, 0.3) is 0 Å². The number of rotatable bonds is 4. The van der Waals surface area contributed by atoms with E-state index in [1.807, 2.05) is 13.0 Å². The highest BCUT2D eigenvalue weighted by Crippen LogP contribution is 2.12. The molecule has 1 atom stereocenters. The molecule has 1 saturated heterocycles. The molecule has 1 N–H and O–H groups in total. The van der Waals surface area contributed by atoms with Crippen molar-refractivity contribution in [2.24, 2.45) is 0 Å². The van der Waals surface area contributed by atoms with Crippen LogP contribution in [0.15, 0.2) is 24.3 Å². The molecule has 1 aliphatic heterocycles. The van der Waals surface area contributed by atoms with E-state index in [9.17, 15) is 12.8 Å². The molecule has 106 valence electrons. The van der Waals surface area contributed by atoms with Crippen LogP contribution in [0.2, 0.25) is 0 Å². The summed E-state index contributed by atoms with van der Waals surface area (Å²) in [6.45, 7) is 3.94. The first kappa shape index (κ1) is 14.3. The van der Waals surface area contributed by atoms with Gasteiger partial charge in [0.2, 0.25) is 0 Å². The number of anilines is 1. The normalized spacial score (nSPS) is 23.2. The van der Waals surface area contributed by atoms with Crippen LogP contribution in [-0.4, -0.2) is 50.5 Å². The van der Waals surface area contributed by atoms with Crippen molar-refractivity contribution in [2.75, 3.05) is 36.5 Å². The van der Waals surface area contributed by atoms with E-state index in [-0.39, 0.29) is 23.4 Å². The lowest BCUT2D eigenvalue weighted by Gasteiger charge is -2.33. The van der Waals surface area contributed by atoms with E-state index < -0.39 is 9.84 Å². The number of nitrogens with zero attached hydrogens (tertiary/aromatic N) is 1. The molecule has 1 aliphatic rings. The molecule has 0 aliphatic carbocycles. The van der Waals surface area contributed by atoms with Gasteiger partial charge in [-0.2, -0.15) is 0 Å². The van der Waals surface area contributed by atoms with Gasteiger partial charge in [-0.25, -0.2) is 12.8 Å². The van der Waals surface area contributed by atoms with E-state index in [2.05, 4.69) is 10.2 Å². The number of nitrogens with one attached hydrogen (secondary N) is 1. The van der Waals surface area contributed by atoms with E-state index >= 15 is 0 Å². The van der Waals surface area contributed by atoms with Crippen molar-refractivity contribution in [1.29, 1.82) is 0 Å². The molecule has 1 aromatic rings. The zero-order chi connectivity index (χ0) is 13.9. The zero-order valence-corrected chi connectivity index (χ0v) is 11.8. The van der Waals surface area contributed by atoms with Crippen molar-refractivity contribution in [3.63, 3.8) is 0 Å². The van der Waals surface area contributed by atoms with E-state index in [0.717, 1.165) is 12.2 Å². The molecule has 0 amide bonds. The van der Waals surface area contributed by atoms with Gasteiger partial charge in [0.15, 0.2) is 9.84 Å². The van der Waals surface area contributed by atoms with Crippen molar-refractivity contribution in [2.45, 2.75) is 13.0 Å². The Bertz CT molecular complexity index is 533. The zero-order valence-electron chi connectivity index (χ0n) is 11.0. The molecule has 0 spiro atoms. The maximum absolute atomic E-state index is 13.0. The Balaban J connectivity index is 1.80. The highest BCUT2D eigenvalue weighted by Gasteiger charge is 2.27. The molecular weight excluding hydrogens is 267 g/mol. The molecule has 1 unspecified atom stereocenters. The Labute approximate surface area is 113 Å². The van der Waals surface area contributed by atoms with Crippen molar-refractivity contribution in [3.8, 4) is 0 Å². The fourth-order valence-corrected chi connectivity index (χ4v) is 3.93. The molecule has 0 radical (unpaired) electrons. The van der Waals surface area contributed by atoms with Gasteiger partial charge in [-0.1, -0.05) is 6.07 Å². The Morgan fingerprint density at radius 2 is 2.26 bits per heavy atom. The fraction of sp³-hybridized carbons (Fsp3) is 0.538. The van der Waals surface area contributed by atoms with Crippen LogP contribution in [-0.2, 0) is 9.84 Å². The van der Waals surface area contributed by atoms with Crippen LogP contribution >= 0.6 is 0 Å². The highest BCUT2D eigenvalue weighted by molar-refractivity contribution is 7.91. The lowest BCUT2D eigenvalue weighted by Crippen LogP contribution is -2.48. The van der Waals surface area contributed by atoms with E-state index in [4.69, 9.17) is 0 Å². The largest absolute Gasteiger partial charge is 0.384 e. The molecular formula is C13H19FN2O2S. The summed E-state index contributed by atoms with van der Waals surface area (Å²) in [5.74, 6) is 0.201. The van der Waals surface area contributed by atoms with Crippen molar-refractivity contribution in [1.82, 2.24) is 4.90 Å². The third-order valence-electron chi connectivity index (χ3n) is 3.36. The second kappa shape index (κ2) is 5.88. The summed E-state index contributed by atoms with van der Waals surface area (Å²) < 4.78 is 35.9. The van der Waals surface area contributed by atoms with Gasteiger partial charge in [0.1, 0.15) is 5.82 Å². The standard InChI is InChI=1S/C13H19FN2O2S/c1-11-10-19(17,18)8-7-16(11)6-5-15-13-4-2-3-12(14)9-13/h2-4,9,11,15H,5-8,10H2,1H3. The maximum Gasteiger partial charge on any atom is 0.153 e. The minimum atomic E-state index is -2.86. The van der Waals surface area contributed by atoms with Crippen LogP contribution in [0.3, 0.4) is 0 Å². The fourth-order valence-electron chi connectivity index (χ4n) is 2.31. The summed E-state index contributed by atoms with van der Waals surface area (Å²) in [6.07, 6.45) is 0. The Morgan fingerprint density at radius 3 is 2.95 bits per heavy atom. The molecule has 0 bridgehead atoms. The SMILES string of the molecule is CC1CS(=O)(=O)CCN1CCNc1cccc(F)c1. The molecule has 0 aromatic heterocycles. The lowest BCUT2D eigenvalue weighted by atomic mass is 10.3. The number of halogens is 1. The predicted octanol–water partition coefficient (Wildman–Crippen LogP) is 1.36. The Hall–Kier alpha value is -1.14. The summed E-state index contributed by atoms with van der Waals surface area (Å²) in [7, 11) is -2.86. The van der Waals surface area contributed by atoms with Gasteiger partial charge in [0.25, 0.3) is 0 Å². The van der Waals surface area contributed by atoms with E-state index in [0.29, 0.717) is 13.1 Å². The minimum absolute atomic E-state index is 0.0491. The summed E-state index contributed by atoms with van der Waals surface area (Å²) in [6, 6.07) is 6.38. The van der Waals surface area contributed by atoms with Crippen LogP contribution in [0.1, 0.15) is 6.92 Å². The topological polar surface area (TPSA) is 49.4 Å². The third-order valence-corrected chi connectivity index (χ3v) is 5.16. The predicted molar refractivity (Wildman–Crippen MR) is 74.6 cm³/mol. The van der Waals surface area contributed by atoms with Crippen LogP contribution in [0.5, 0.6) is 0 Å². The second-order valence-electron chi connectivity index (χ2n) is 4.94. The smallest absolute Gasteiger partial charge is 0.153 e. The van der Waals surface area contributed by atoms with Gasteiger partial charge >= 0.3 is 0 Å². The first-order valence-electron chi connectivity index (χ1n) is 6.40. The number of hydrogen-bond acceptors (Lipinski definition) is 4. The van der Waals surface area contributed by atoms with Gasteiger partial charge in [0.05, 0.1) is 11.5 Å². The first-order chi connectivity index (χ1) is 8.96. The summed E-state index contributed by atoms with van der Waals surface area (Å²) in [5.41, 5.74) is 0.747. The van der Waals surface area contributed by atoms with Crippen molar-refractivity contribution >= 4 is 15.5 Å². The molecule has 6 heteroatoms. The second-order valence-corrected chi connectivity index (χ2v) is 7.17. The molecule has 2 rings (SSSR count). The van der Waals surface area contributed by atoms with E-state index in [1.54, 1.807) is 6.07 Å². The Kier molecular flexibility index (Phi) is 4.42. The van der Waals surface area contributed by atoms with Gasteiger partial charge in [-0.15, -0.1) is 0 Å². The summed E-state index contributed by atoms with van der Waals surface area (Å²) in [5, 5.41) is 3.14. The summed E-state index contributed by atoms with van der Waals surface area (Å²) in [4.78, 5) is 2.15. The van der Waals surface area contributed by atoms with Gasteiger partial charge < -0.3 is 5.32 Å². The third kappa shape index (κ3) is 4.18. The molecule has 4 nitrogen and oxygen atoms in total. The first-order valence-corrected chi connectivity index (χ1v) is 8.22. The van der Waals surface area contributed by atoms with Crippen molar-refractivity contribution in [3.05, 3.63) is 30.1 Å². The molecule has 1 fully saturated rings. The van der Waals surface area contributed by atoms with Crippen molar-refractivity contribution < 1.29 is 12.8 Å². The van der Waals surface area contributed by atoms with Gasteiger partial charge in [-0.3, -0.25) is 4.90 Å². The number of sulfone groups is 1.